The van der Waals surface area contributed by atoms with Gasteiger partial charge in [-0.25, -0.2) is 9.97 Å². The first-order chi connectivity index (χ1) is 15.5. The fourth-order valence-corrected chi connectivity index (χ4v) is 5.43. The Kier molecular flexibility index (Phi) is 7.28. The maximum atomic E-state index is 13.4. The lowest BCUT2D eigenvalue weighted by Gasteiger charge is -2.37. The lowest BCUT2D eigenvalue weighted by molar-refractivity contribution is -0.136. The molecule has 0 aliphatic carbocycles. The zero-order valence-corrected chi connectivity index (χ0v) is 19.9. The smallest absolute Gasteiger partial charge is 0.223 e. The van der Waals surface area contributed by atoms with Gasteiger partial charge in [0.15, 0.2) is 5.82 Å². The minimum Gasteiger partial charge on any atom is -0.373 e. The lowest BCUT2D eigenvalue weighted by Crippen LogP contribution is -2.42. The van der Waals surface area contributed by atoms with Gasteiger partial charge in [-0.05, 0) is 57.7 Å². The Morgan fingerprint density at radius 1 is 1.06 bits per heavy atom. The molecule has 0 saturated carbocycles. The van der Waals surface area contributed by atoms with Gasteiger partial charge in [0, 0.05) is 45.5 Å². The summed E-state index contributed by atoms with van der Waals surface area (Å²) in [6.45, 7) is 9.16. The third kappa shape index (κ3) is 4.90. The summed E-state index contributed by atoms with van der Waals surface area (Å²) in [6.07, 6.45) is 6.67. The zero-order valence-electron chi connectivity index (χ0n) is 19.9. The van der Waals surface area contributed by atoms with Gasteiger partial charge < -0.3 is 20.0 Å². The first-order valence-corrected chi connectivity index (χ1v) is 12.3. The van der Waals surface area contributed by atoms with Crippen LogP contribution in [0.4, 0.5) is 5.82 Å². The van der Waals surface area contributed by atoms with Crippen LogP contribution in [0.2, 0.25) is 0 Å². The van der Waals surface area contributed by atoms with Crippen LogP contribution in [0.5, 0.6) is 0 Å². The lowest BCUT2D eigenvalue weighted by atomic mass is 9.91. The molecule has 4 rings (SSSR count). The van der Waals surface area contributed by atoms with Crippen molar-refractivity contribution in [1.29, 1.82) is 0 Å². The van der Waals surface area contributed by atoms with Crippen LogP contribution in [-0.2, 0) is 22.6 Å². The summed E-state index contributed by atoms with van der Waals surface area (Å²) in [5.74, 6) is 2.39. The topological polar surface area (TPSA) is 81.7 Å². The van der Waals surface area contributed by atoms with Crippen molar-refractivity contribution in [3.05, 3.63) is 17.1 Å². The van der Waals surface area contributed by atoms with Crippen molar-refractivity contribution in [1.82, 2.24) is 24.7 Å². The predicted molar refractivity (Wildman–Crippen MR) is 124 cm³/mol. The molecule has 32 heavy (non-hydrogen) atoms. The van der Waals surface area contributed by atoms with E-state index >= 15 is 0 Å². The Morgan fingerprint density at radius 3 is 2.53 bits per heavy atom. The maximum absolute atomic E-state index is 13.4. The fourth-order valence-electron chi connectivity index (χ4n) is 5.43. The standard InChI is InChI=1S/C24H38N6O2/c1-4-28-12-8-18(9-13-28)15-22(32)30-11-6-5-7-21(30)24-26-20-10-14-29(17(2)31)16-19(20)23(25-3)27-24/h18,21H,4-16H2,1-3H3,(H,25,26,27)/t21-/m0/s1. The molecule has 1 atom stereocenters. The van der Waals surface area contributed by atoms with Crippen molar-refractivity contribution < 1.29 is 9.59 Å². The molecule has 0 bridgehead atoms. The highest BCUT2D eigenvalue weighted by Crippen LogP contribution is 2.34. The average molecular weight is 443 g/mol. The van der Waals surface area contributed by atoms with E-state index in [1.54, 1.807) is 6.92 Å². The molecule has 0 aromatic carbocycles. The second-order valence-electron chi connectivity index (χ2n) is 9.48. The summed E-state index contributed by atoms with van der Waals surface area (Å²) in [5, 5.41) is 3.22. The van der Waals surface area contributed by atoms with Crippen LogP contribution >= 0.6 is 0 Å². The highest BCUT2D eigenvalue weighted by Gasteiger charge is 2.33. The molecule has 2 saturated heterocycles. The van der Waals surface area contributed by atoms with Gasteiger partial charge in [-0.1, -0.05) is 6.92 Å². The van der Waals surface area contributed by atoms with Gasteiger partial charge in [0.1, 0.15) is 5.82 Å². The normalized spacial score (nSPS) is 22.5. The second kappa shape index (κ2) is 10.1. The molecule has 1 aromatic rings. The summed E-state index contributed by atoms with van der Waals surface area (Å²) in [4.78, 5) is 41.4. The molecular formula is C24H38N6O2. The molecule has 1 N–H and O–H groups in total. The molecular weight excluding hydrogens is 404 g/mol. The molecule has 0 unspecified atom stereocenters. The van der Waals surface area contributed by atoms with Gasteiger partial charge in [-0.2, -0.15) is 0 Å². The highest BCUT2D eigenvalue weighted by molar-refractivity contribution is 5.77. The molecule has 8 nitrogen and oxygen atoms in total. The van der Waals surface area contributed by atoms with Crippen LogP contribution < -0.4 is 5.32 Å². The van der Waals surface area contributed by atoms with Gasteiger partial charge in [0.2, 0.25) is 11.8 Å². The third-order valence-electron chi connectivity index (χ3n) is 7.50. The Bertz CT molecular complexity index is 819. The number of piperidine rings is 2. The summed E-state index contributed by atoms with van der Waals surface area (Å²) in [7, 11) is 1.87. The van der Waals surface area contributed by atoms with Crippen LogP contribution in [0.15, 0.2) is 0 Å². The van der Waals surface area contributed by atoms with Crippen LogP contribution in [0.1, 0.15) is 75.5 Å². The van der Waals surface area contributed by atoms with Crippen molar-refractivity contribution in [2.45, 2.75) is 71.4 Å². The van der Waals surface area contributed by atoms with Crippen molar-refractivity contribution in [2.75, 3.05) is 45.1 Å². The number of nitrogens with one attached hydrogen (secondary N) is 1. The molecule has 0 radical (unpaired) electrons. The van der Waals surface area contributed by atoms with E-state index in [2.05, 4.69) is 22.0 Å². The minimum atomic E-state index is -0.0461. The fraction of sp³-hybridized carbons (Fsp3) is 0.750. The number of carbonyl (C=O) groups is 2. The molecule has 0 spiro atoms. The number of likely N-dealkylation sites (tertiary alicyclic amines) is 2. The summed E-state index contributed by atoms with van der Waals surface area (Å²) >= 11 is 0. The number of nitrogens with zero attached hydrogens (tertiary/aromatic N) is 5. The number of carbonyl (C=O) groups excluding carboxylic acids is 2. The molecule has 1 aromatic heterocycles. The van der Waals surface area contributed by atoms with Gasteiger partial charge >= 0.3 is 0 Å². The Balaban J connectivity index is 1.51. The SMILES string of the molecule is CCN1CCC(CC(=O)N2CCCC[C@H]2c2nc3c(c(NC)n2)CN(C(C)=O)CC3)CC1. The Hall–Kier alpha value is -2.22. The van der Waals surface area contributed by atoms with Crippen LogP contribution in [0, 0.1) is 5.92 Å². The predicted octanol–water partition coefficient (Wildman–Crippen LogP) is 2.60. The Labute approximate surface area is 191 Å². The molecule has 8 heteroatoms. The number of aromatic nitrogens is 2. The molecule has 2 amide bonds. The van der Waals surface area contributed by atoms with E-state index in [0.717, 1.165) is 87.6 Å². The maximum Gasteiger partial charge on any atom is 0.223 e. The Morgan fingerprint density at radius 2 is 1.84 bits per heavy atom. The second-order valence-corrected chi connectivity index (χ2v) is 9.48. The van der Waals surface area contributed by atoms with Crippen molar-refractivity contribution in [3.63, 3.8) is 0 Å². The number of anilines is 1. The monoisotopic (exact) mass is 442 g/mol. The molecule has 2 fully saturated rings. The summed E-state index contributed by atoms with van der Waals surface area (Å²) in [5.41, 5.74) is 2.02. The van der Waals surface area contributed by atoms with Crippen molar-refractivity contribution in [2.24, 2.45) is 5.92 Å². The number of hydrogen-bond donors (Lipinski definition) is 1. The average Bonchev–Trinajstić information content (AvgIpc) is 2.83. The van der Waals surface area contributed by atoms with E-state index in [1.165, 1.54) is 0 Å². The summed E-state index contributed by atoms with van der Waals surface area (Å²) < 4.78 is 0. The van der Waals surface area contributed by atoms with Crippen molar-refractivity contribution in [3.8, 4) is 0 Å². The van der Waals surface area contributed by atoms with E-state index in [0.29, 0.717) is 25.4 Å². The van der Waals surface area contributed by atoms with Crippen molar-refractivity contribution >= 4 is 17.6 Å². The quantitative estimate of drug-likeness (QED) is 0.755. The van der Waals surface area contributed by atoms with Gasteiger partial charge in [0.25, 0.3) is 0 Å². The number of rotatable bonds is 5. The van der Waals surface area contributed by atoms with Crippen LogP contribution in [0.25, 0.3) is 0 Å². The number of fused-ring (bicyclic) bond motifs is 1. The zero-order chi connectivity index (χ0) is 22.7. The molecule has 4 heterocycles. The van der Waals surface area contributed by atoms with E-state index in [4.69, 9.17) is 9.97 Å². The van der Waals surface area contributed by atoms with Crippen LogP contribution in [-0.4, -0.2) is 76.3 Å². The third-order valence-corrected chi connectivity index (χ3v) is 7.50. The van der Waals surface area contributed by atoms with E-state index in [9.17, 15) is 9.59 Å². The van der Waals surface area contributed by atoms with Gasteiger partial charge in [0.05, 0.1) is 18.3 Å². The number of hydrogen-bond acceptors (Lipinski definition) is 6. The van der Waals surface area contributed by atoms with E-state index < -0.39 is 0 Å². The molecule has 176 valence electrons. The van der Waals surface area contributed by atoms with E-state index in [-0.39, 0.29) is 17.9 Å². The van der Waals surface area contributed by atoms with Gasteiger partial charge in [-0.3, -0.25) is 9.59 Å². The van der Waals surface area contributed by atoms with Gasteiger partial charge in [-0.15, -0.1) is 0 Å². The largest absolute Gasteiger partial charge is 0.373 e. The number of amides is 2. The first kappa shape index (κ1) is 23.0. The minimum absolute atomic E-state index is 0.0461. The molecule has 3 aliphatic heterocycles. The van der Waals surface area contributed by atoms with Crippen LogP contribution in [0.3, 0.4) is 0 Å². The highest BCUT2D eigenvalue weighted by atomic mass is 16.2. The first-order valence-electron chi connectivity index (χ1n) is 12.3. The van der Waals surface area contributed by atoms with E-state index in [1.807, 2.05) is 11.9 Å². The molecule has 3 aliphatic rings. The summed E-state index contributed by atoms with van der Waals surface area (Å²) in [6, 6.07) is -0.0461.